The summed E-state index contributed by atoms with van der Waals surface area (Å²) in [5, 5.41) is 3.43. The third kappa shape index (κ3) is 4.41. The number of furan rings is 1. The number of carbonyl (C=O) groups is 2. The summed E-state index contributed by atoms with van der Waals surface area (Å²) in [5.41, 5.74) is 1.64. The quantitative estimate of drug-likeness (QED) is 0.548. The maximum Gasteiger partial charge on any atom is 0.291 e. The third-order valence-corrected chi connectivity index (χ3v) is 6.98. The van der Waals surface area contributed by atoms with Crippen LogP contribution in [0.5, 0.6) is 0 Å². The summed E-state index contributed by atoms with van der Waals surface area (Å²) in [4.78, 5) is 40.4. The minimum atomic E-state index is -0.529. The predicted molar refractivity (Wildman–Crippen MR) is 129 cm³/mol. The first kappa shape index (κ1) is 22.5. The second kappa shape index (κ2) is 9.16. The molecule has 2 aliphatic rings. The van der Waals surface area contributed by atoms with E-state index in [1.54, 1.807) is 47.4 Å². The predicted octanol–water partition coefficient (Wildman–Crippen LogP) is 4.16. The van der Waals surface area contributed by atoms with Crippen LogP contribution in [0.4, 0.5) is 0 Å². The Morgan fingerprint density at radius 2 is 1.88 bits per heavy atom. The van der Waals surface area contributed by atoms with E-state index in [9.17, 15) is 14.4 Å². The molecule has 2 amide bonds. The highest BCUT2D eigenvalue weighted by atomic mass is 35.5. The van der Waals surface area contributed by atoms with Crippen molar-refractivity contribution >= 4 is 41.1 Å². The number of piperidine rings is 1. The Kier molecular flexibility index (Phi) is 6.06. The molecular weight excluding hydrogens is 477 g/mol. The van der Waals surface area contributed by atoms with Crippen LogP contribution in [0.1, 0.15) is 34.2 Å². The largest absolute Gasteiger partial charge is 0.459 e. The number of hydrogen-bond donors (Lipinski definition) is 1. The van der Waals surface area contributed by atoms with E-state index in [1.165, 1.54) is 12.3 Å². The van der Waals surface area contributed by atoms with Crippen molar-refractivity contribution in [3.63, 3.8) is 0 Å². The fourth-order valence-electron chi connectivity index (χ4n) is 4.74. The first-order valence-electron chi connectivity index (χ1n) is 10.9. The lowest BCUT2D eigenvalue weighted by molar-refractivity contribution is -0.130. The Hall–Kier alpha value is -3.29. The number of carbonyl (C=O) groups excluding carboxylic acids is 2. The molecule has 0 spiro atoms. The van der Waals surface area contributed by atoms with Gasteiger partial charge in [0, 0.05) is 37.3 Å². The number of hydrogen-bond acceptors (Lipinski definition) is 4. The van der Waals surface area contributed by atoms with E-state index in [2.05, 4.69) is 5.32 Å². The van der Waals surface area contributed by atoms with Crippen LogP contribution in [0.3, 0.4) is 0 Å². The summed E-state index contributed by atoms with van der Waals surface area (Å²) in [6.07, 6.45) is 3.89. The number of pyridine rings is 1. The maximum atomic E-state index is 13.7. The molecular formula is C25H21Cl2N3O4. The van der Waals surface area contributed by atoms with Gasteiger partial charge in [0.1, 0.15) is 5.70 Å². The van der Waals surface area contributed by atoms with Crippen LogP contribution in [0.15, 0.2) is 69.7 Å². The van der Waals surface area contributed by atoms with E-state index in [0.29, 0.717) is 35.2 Å². The van der Waals surface area contributed by atoms with Crippen molar-refractivity contribution in [1.82, 2.24) is 14.8 Å². The summed E-state index contributed by atoms with van der Waals surface area (Å²) in [7, 11) is 0. The van der Waals surface area contributed by atoms with Crippen molar-refractivity contribution in [2.45, 2.75) is 18.9 Å². The van der Waals surface area contributed by atoms with Crippen molar-refractivity contribution in [2.75, 3.05) is 13.1 Å². The monoisotopic (exact) mass is 497 g/mol. The zero-order valence-electron chi connectivity index (χ0n) is 18.0. The molecule has 2 bridgehead atoms. The van der Waals surface area contributed by atoms with E-state index in [1.807, 2.05) is 10.6 Å². The molecule has 7 nitrogen and oxygen atoms in total. The summed E-state index contributed by atoms with van der Waals surface area (Å²) in [6, 6.07) is 13.4. The summed E-state index contributed by atoms with van der Waals surface area (Å²) >= 11 is 12.2. The number of fused-ring (bicyclic) bond motifs is 4. The van der Waals surface area contributed by atoms with Gasteiger partial charge in [0.05, 0.1) is 16.3 Å². The van der Waals surface area contributed by atoms with Crippen molar-refractivity contribution in [3.05, 3.63) is 97.9 Å². The second-order valence-electron chi connectivity index (χ2n) is 8.57. The van der Waals surface area contributed by atoms with Crippen LogP contribution < -0.4 is 10.9 Å². The highest BCUT2D eigenvalue weighted by Crippen LogP contribution is 2.35. The minimum Gasteiger partial charge on any atom is -0.459 e. The molecule has 4 heterocycles. The first-order valence-corrected chi connectivity index (χ1v) is 11.7. The average molecular weight is 498 g/mol. The molecule has 5 rings (SSSR count). The van der Waals surface area contributed by atoms with Gasteiger partial charge in [0.25, 0.3) is 17.4 Å². The number of benzene rings is 1. The fourth-order valence-corrected chi connectivity index (χ4v) is 5.05. The van der Waals surface area contributed by atoms with Gasteiger partial charge in [0.2, 0.25) is 0 Å². The van der Waals surface area contributed by atoms with Gasteiger partial charge in [-0.15, -0.1) is 0 Å². The van der Waals surface area contributed by atoms with Crippen LogP contribution >= 0.6 is 23.2 Å². The topological polar surface area (TPSA) is 84.5 Å². The van der Waals surface area contributed by atoms with E-state index in [4.69, 9.17) is 27.6 Å². The lowest BCUT2D eigenvalue weighted by Gasteiger charge is -2.42. The molecule has 1 N–H and O–H groups in total. The van der Waals surface area contributed by atoms with Crippen LogP contribution in [0.25, 0.3) is 6.08 Å². The Morgan fingerprint density at radius 1 is 1.03 bits per heavy atom. The second-order valence-corrected chi connectivity index (χ2v) is 9.39. The molecule has 0 radical (unpaired) electrons. The molecule has 1 saturated heterocycles. The summed E-state index contributed by atoms with van der Waals surface area (Å²) < 4.78 is 6.99. The number of nitrogens with zero attached hydrogens (tertiary/aromatic N) is 2. The normalized spacial score (nSPS) is 19.5. The van der Waals surface area contributed by atoms with Gasteiger partial charge in [-0.1, -0.05) is 35.3 Å². The van der Waals surface area contributed by atoms with Gasteiger partial charge in [-0.3, -0.25) is 14.4 Å². The van der Waals surface area contributed by atoms with Gasteiger partial charge in [-0.25, -0.2) is 0 Å². The lowest BCUT2D eigenvalue weighted by Crippen LogP contribution is -2.50. The van der Waals surface area contributed by atoms with E-state index >= 15 is 0 Å². The highest BCUT2D eigenvalue weighted by molar-refractivity contribution is 6.42. The molecule has 34 heavy (non-hydrogen) atoms. The van der Waals surface area contributed by atoms with E-state index < -0.39 is 5.91 Å². The molecule has 0 aliphatic carbocycles. The Bertz CT molecular complexity index is 1350. The van der Waals surface area contributed by atoms with Crippen LogP contribution in [-0.4, -0.2) is 34.4 Å². The zero-order chi connectivity index (χ0) is 23.8. The van der Waals surface area contributed by atoms with Crippen molar-refractivity contribution in [2.24, 2.45) is 5.92 Å². The van der Waals surface area contributed by atoms with E-state index in [-0.39, 0.29) is 34.8 Å². The standard InChI is InChI=1S/C25H21Cl2N3O4/c26-18-7-6-15(10-19(18)27)11-20(28-24(32)22-4-2-8-34-22)25(33)29-12-16-9-17(14-29)21-3-1-5-23(31)30(21)13-16/h1-8,10-11,16-17H,9,12-14H2,(H,28,32)/b20-11+/t16-,17-/m0/s1. The Balaban J connectivity index is 1.45. The molecule has 9 heteroatoms. The van der Waals surface area contributed by atoms with Crippen molar-refractivity contribution in [1.29, 1.82) is 0 Å². The first-order chi connectivity index (χ1) is 16.4. The molecule has 0 unspecified atom stereocenters. The third-order valence-electron chi connectivity index (χ3n) is 6.25. The highest BCUT2D eigenvalue weighted by Gasteiger charge is 2.37. The fraction of sp³-hybridized carbons (Fsp3) is 0.240. The molecule has 1 fully saturated rings. The van der Waals surface area contributed by atoms with Crippen molar-refractivity contribution < 1.29 is 14.0 Å². The van der Waals surface area contributed by atoms with Crippen LogP contribution in [-0.2, 0) is 11.3 Å². The zero-order valence-corrected chi connectivity index (χ0v) is 19.6. The van der Waals surface area contributed by atoms with E-state index in [0.717, 1.165) is 12.1 Å². The Morgan fingerprint density at radius 3 is 2.65 bits per heavy atom. The number of halogens is 2. The van der Waals surface area contributed by atoms with Gasteiger partial charge in [-0.05, 0) is 54.3 Å². The number of amides is 2. The van der Waals surface area contributed by atoms with Crippen LogP contribution in [0.2, 0.25) is 10.0 Å². The minimum absolute atomic E-state index is 0.0158. The summed E-state index contributed by atoms with van der Waals surface area (Å²) in [6.45, 7) is 1.51. The van der Waals surface area contributed by atoms with Gasteiger partial charge < -0.3 is 19.2 Å². The van der Waals surface area contributed by atoms with Gasteiger partial charge in [-0.2, -0.15) is 0 Å². The molecule has 2 atom stereocenters. The summed E-state index contributed by atoms with van der Waals surface area (Å²) in [5.74, 6) is -0.539. The number of aromatic nitrogens is 1. The van der Waals surface area contributed by atoms with Gasteiger partial charge in [0.15, 0.2) is 5.76 Å². The lowest BCUT2D eigenvalue weighted by atomic mass is 9.83. The van der Waals surface area contributed by atoms with Crippen LogP contribution in [0, 0.1) is 5.92 Å². The molecule has 2 aliphatic heterocycles. The molecule has 0 saturated carbocycles. The molecule has 1 aromatic carbocycles. The molecule has 2 aromatic heterocycles. The number of nitrogens with one attached hydrogen (secondary N) is 1. The SMILES string of the molecule is O=C(N/C(=C/c1ccc(Cl)c(Cl)c1)C(=O)N1C[C@@H]2C[C@@H](C1)c1cccc(=O)n1C2)c1ccco1. The average Bonchev–Trinajstić information content (AvgIpc) is 3.36. The smallest absolute Gasteiger partial charge is 0.291 e. The maximum absolute atomic E-state index is 13.7. The molecule has 174 valence electrons. The number of rotatable bonds is 4. The number of likely N-dealkylation sites (tertiary alicyclic amines) is 1. The Labute approximate surface area is 205 Å². The van der Waals surface area contributed by atoms with Crippen molar-refractivity contribution in [3.8, 4) is 0 Å². The molecule has 3 aromatic rings. The van der Waals surface area contributed by atoms with Gasteiger partial charge >= 0.3 is 0 Å².